The molecule has 2 N–H and O–H groups in total. The van der Waals surface area contributed by atoms with Gasteiger partial charge in [-0.25, -0.2) is 21.5 Å². The minimum atomic E-state index is -4.05. The second-order valence-corrected chi connectivity index (χ2v) is 8.19. The second-order valence-electron chi connectivity index (χ2n) is 5.33. The number of rotatable bonds is 5. The smallest absolute Gasteiger partial charge is 0.245 e. The summed E-state index contributed by atoms with van der Waals surface area (Å²) in [5, 5.41) is 0. The summed E-state index contributed by atoms with van der Waals surface area (Å²) in [5.74, 6) is -1.98. The van der Waals surface area contributed by atoms with Crippen LogP contribution in [-0.2, 0) is 10.0 Å². The SMILES string of the molecule is CN(CC(C)(C)CN)S(=O)(=O)c1cc(Br)c(F)cc1F. The summed E-state index contributed by atoms with van der Waals surface area (Å²) in [6.45, 7) is 4.01. The molecule has 0 saturated carbocycles. The molecule has 0 bridgehead atoms. The Kier molecular flexibility index (Phi) is 5.29. The predicted octanol–water partition coefficient (Wildman–Crippen LogP) is 2.33. The highest BCUT2D eigenvalue weighted by Gasteiger charge is 2.30. The molecule has 1 aromatic carbocycles. The van der Waals surface area contributed by atoms with Crippen LogP contribution in [-0.4, -0.2) is 32.9 Å². The maximum absolute atomic E-state index is 13.7. The summed E-state index contributed by atoms with van der Waals surface area (Å²) in [7, 11) is -2.71. The highest BCUT2D eigenvalue weighted by atomic mass is 79.9. The van der Waals surface area contributed by atoms with Crippen LogP contribution in [0.25, 0.3) is 0 Å². The fourth-order valence-electron chi connectivity index (χ4n) is 1.62. The Morgan fingerprint density at radius 2 is 1.85 bits per heavy atom. The third kappa shape index (κ3) is 3.75. The summed E-state index contributed by atoms with van der Waals surface area (Å²) in [6, 6.07) is 1.46. The van der Waals surface area contributed by atoms with E-state index in [1.165, 1.54) is 7.05 Å². The molecular formula is C12H17BrF2N2O2S. The molecule has 114 valence electrons. The van der Waals surface area contributed by atoms with Gasteiger partial charge in [-0.3, -0.25) is 0 Å². The molecule has 0 heterocycles. The van der Waals surface area contributed by atoms with Crippen LogP contribution in [0.3, 0.4) is 0 Å². The van der Waals surface area contributed by atoms with E-state index in [9.17, 15) is 17.2 Å². The Morgan fingerprint density at radius 1 is 1.30 bits per heavy atom. The number of sulfonamides is 1. The zero-order chi connectivity index (χ0) is 15.7. The number of nitrogens with two attached hydrogens (primary N) is 1. The van der Waals surface area contributed by atoms with Crippen molar-refractivity contribution in [1.82, 2.24) is 4.31 Å². The van der Waals surface area contributed by atoms with Gasteiger partial charge in [-0.05, 0) is 34.0 Å². The summed E-state index contributed by atoms with van der Waals surface area (Å²) < 4.78 is 52.4. The second kappa shape index (κ2) is 6.05. The van der Waals surface area contributed by atoms with Gasteiger partial charge in [-0.2, -0.15) is 0 Å². The van der Waals surface area contributed by atoms with E-state index in [4.69, 9.17) is 5.73 Å². The minimum Gasteiger partial charge on any atom is -0.330 e. The molecule has 0 amide bonds. The van der Waals surface area contributed by atoms with Gasteiger partial charge in [0.15, 0.2) is 0 Å². The number of halogens is 3. The quantitative estimate of drug-likeness (QED) is 0.809. The molecule has 0 fully saturated rings. The van der Waals surface area contributed by atoms with Gasteiger partial charge in [-0.1, -0.05) is 13.8 Å². The van der Waals surface area contributed by atoms with Crippen molar-refractivity contribution in [3.05, 3.63) is 28.2 Å². The molecule has 20 heavy (non-hydrogen) atoms. The van der Waals surface area contributed by atoms with E-state index in [2.05, 4.69) is 15.9 Å². The molecule has 0 unspecified atom stereocenters. The molecule has 0 saturated heterocycles. The predicted molar refractivity (Wildman–Crippen MR) is 76.7 cm³/mol. The molecule has 1 aromatic rings. The lowest BCUT2D eigenvalue weighted by Gasteiger charge is -2.28. The molecule has 0 aromatic heterocycles. The van der Waals surface area contributed by atoms with Crippen LogP contribution in [0.15, 0.2) is 21.5 Å². The Hall–Kier alpha value is -0.570. The van der Waals surface area contributed by atoms with Crippen molar-refractivity contribution in [2.45, 2.75) is 18.7 Å². The lowest BCUT2D eigenvalue weighted by molar-refractivity contribution is 0.291. The van der Waals surface area contributed by atoms with E-state index in [1.54, 1.807) is 13.8 Å². The highest BCUT2D eigenvalue weighted by molar-refractivity contribution is 9.10. The number of nitrogens with zero attached hydrogens (tertiary/aromatic N) is 1. The molecule has 0 radical (unpaired) electrons. The van der Waals surface area contributed by atoms with Crippen molar-refractivity contribution in [1.29, 1.82) is 0 Å². The average Bonchev–Trinajstić information content (AvgIpc) is 2.33. The van der Waals surface area contributed by atoms with Crippen molar-refractivity contribution >= 4 is 26.0 Å². The van der Waals surface area contributed by atoms with E-state index in [0.29, 0.717) is 6.07 Å². The lowest BCUT2D eigenvalue weighted by Crippen LogP contribution is -2.40. The molecule has 8 heteroatoms. The molecule has 0 aliphatic heterocycles. The largest absolute Gasteiger partial charge is 0.330 e. The molecular weight excluding hydrogens is 354 g/mol. The first-order chi connectivity index (χ1) is 9.01. The van der Waals surface area contributed by atoms with E-state index in [1.807, 2.05) is 0 Å². The lowest BCUT2D eigenvalue weighted by atomic mass is 9.94. The zero-order valence-corrected chi connectivity index (χ0v) is 13.9. The van der Waals surface area contributed by atoms with Crippen molar-refractivity contribution in [2.75, 3.05) is 20.1 Å². The van der Waals surface area contributed by atoms with Crippen molar-refractivity contribution in [3.63, 3.8) is 0 Å². The van der Waals surface area contributed by atoms with Crippen molar-refractivity contribution in [3.8, 4) is 0 Å². The molecule has 0 spiro atoms. The molecule has 1 rings (SSSR count). The number of benzene rings is 1. The van der Waals surface area contributed by atoms with Crippen LogP contribution in [0.4, 0.5) is 8.78 Å². The zero-order valence-electron chi connectivity index (χ0n) is 11.5. The number of hydrogen-bond donors (Lipinski definition) is 1. The first-order valence-electron chi connectivity index (χ1n) is 5.82. The van der Waals surface area contributed by atoms with Crippen molar-refractivity contribution in [2.24, 2.45) is 11.1 Å². The van der Waals surface area contributed by atoms with Crippen LogP contribution in [0.5, 0.6) is 0 Å². The third-order valence-corrected chi connectivity index (χ3v) is 5.29. The first-order valence-corrected chi connectivity index (χ1v) is 8.05. The van der Waals surface area contributed by atoms with Crippen LogP contribution in [0, 0.1) is 17.0 Å². The Morgan fingerprint density at radius 3 is 2.35 bits per heavy atom. The Balaban J connectivity index is 3.21. The fraction of sp³-hybridized carbons (Fsp3) is 0.500. The fourth-order valence-corrected chi connectivity index (χ4v) is 3.54. The van der Waals surface area contributed by atoms with Crippen molar-refractivity contribution < 1.29 is 17.2 Å². The minimum absolute atomic E-state index is 0.107. The highest BCUT2D eigenvalue weighted by Crippen LogP contribution is 2.27. The van der Waals surface area contributed by atoms with E-state index < -0.39 is 32.0 Å². The van der Waals surface area contributed by atoms with Gasteiger partial charge in [0, 0.05) is 19.7 Å². The number of hydrogen-bond acceptors (Lipinski definition) is 3. The van der Waals surface area contributed by atoms with Gasteiger partial charge in [0.1, 0.15) is 16.5 Å². The summed E-state index contributed by atoms with van der Waals surface area (Å²) in [6.07, 6.45) is 0. The van der Waals surface area contributed by atoms with Crippen LogP contribution < -0.4 is 5.73 Å². The molecule has 0 aliphatic rings. The maximum Gasteiger partial charge on any atom is 0.245 e. The van der Waals surface area contributed by atoms with Crippen LogP contribution in [0.1, 0.15) is 13.8 Å². The topological polar surface area (TPSA) is 63.4 Å². The monoisotopic (exact) mass is 370 g/mol. The van der Waals surface area contributed by atoms with Gasteiger partial charge in [-0.15, -0.1) is 0 Å². The average molecular weight is 371 g/mol. The molecule has 0 aliphatic carbocycles. The molecule has 0 atom stereocenters. The normalized spacial score (nSPS) is 13.0. The van der Waals surface area contributed by atoms with Gasteiger partial charge in [0.2, 0.25) is 10.0 Å². The summed E-state index contributed by atoms with van der Waals surface area (Å²) in [4.78, 5) is -0.568. The van der Waals surface area contributed by atoms with Gasteiger partial charge in [0.25, 0.3) is 0 Å². The first kappa shape index (κ1) is 17.5. The molecule has 4 nitrogen and oxygen atoms in total. The van der Waals surface area contributed by atoms with Gasteiger partial charge < -0.3 is 5.73 Å². The van der Waals surface area contributed by atoms with Crippen LogP contribution in [0.2, 0.25) is 0 Å². The third-order valence-electron chi connectivity index (χ3n) is 2.87. The van der Waals surface area contributed by atoms with Crippen LogP contribution >= 0.6 is 15.9 Å². The Labute approximate surface area is 126 Å². The maximum atomic E-state index is 13.7. The van der Waals surface area contributed by atoms with E-state index >= 15 is 0 Å². The van der Waals surface area contributed by atoms with Gasteiger partial charge in [0.05, 0.1) is 4.47 Å². The van der Waals surface area contributed by atoms with E-state index in [-0.39, 0.29) is 17.6 Å². The summed E-state index contributed by atoms with van der Waals surface area (Å²) >= 11 is 2.85. The summed E-state index contributed by atoms with van der Waals surface area (Å²) in [5.41, 5.74) is 5.11. The van der Waals surface area contributed by atoms with Gasteiger partial charge >= 0.3 is 0 Å². The Bertz CT molecular complexity index is 606. The standard InChI is InChI=1S/C12H17BrF2N2O2S/c1-12(2,6-16)7-17(3)20(18,19)11-4-8(13)9(14)5-10(11)15/h4-5H,6-7,16H2,1-3H3. The van der Waals surface area contributed by atoms with E-state index in [0.717, 1.165) is 10.4 Å².